The third-order valence-electron chi connectivity index (χ3n) is 4.41. The lowest BCUT2D eigenvalue weighted by molar-refractivity contribution is -0.0808. The predicted molar refractivity (Wildman–Crippen MR) is 101 cm³/mol. The first kappa shape index (κ1) is 16.4. The number of aromatic nitrogens is 6. The fraction of sp³-hybridized carbons (Fsp3) is 0.333. The fourth-order valence-electron chi connectivity index (χ4n) is 3.06. The van der Waals surface area contributed by atoms with Gasteiger partial charge in [0.15, 0.2) is 0 Å². The van der Waals surface area contributed by atoms with Gasteiger partial charge in [0.25, 0.3) is 0 Å². The molecule has 0 saturated carbocycles. The summed E-state index contributed by atoms with van der Waals surface area (Å²) in [7, 11) is 1.89. The molecular weight excluding hydrogens is 364 g/mol. The van der Waals surface area contributed by atoms with Crippen molar-refractivity contribution >= 4 is 22.6 Å². The summed E-state index contributed by atoms with van der Waals surface area (Å²) in [6.07, 6.45) is 6.39. The highest BCUT2D eigenvalue weighted by Gasteiger charge is 2.24. The molecular formula is C18H18N6O2S. The molecule has 0 atom stereocenters. The topological polar surface area (TPSA) is 79.9 Å². The molecule has 0 bridgehead atoms. The molecule has 0 unspecified atom stereocenters. The second kappa shape index (κ2) is 6.43. The van der Waals surface area contributed by atoms with Crippen molar-refractivity contribution < 1.29 is 9.47 Å². The van der Waals surface area contributed by atoms with Crippen molar-refractivity contribution in [3.8, 4) is 11.6 Å². The SMILES string of the molecule is Cc1cc(Cc2nc(OC3COC3)c3c(ccn3-c3cnn(C)c3)n2)sn1. The third kappa shape index (κ3) is 3.08. The smallest absolute Gasteiger partial charge is 0.242 e. The molecule has 4 aromatic rings. The number of fused-ring (bicyclic) bond motifs is 1. The molecule has 0 aromatic carbocycles. The van der Waals surface area contributed by atoms with Crippen molar-refractivity contribution in [3.63, 3.8) is 0 Å². The van der Waals surface area contributed by atoms with Crippen LogP contribution in [0.3, 0.4) is 0 Å². The molecule has 0 spiro atoms. The second-order valence-electron chi connectivity index (χ2n) is 6.63. The van der Waals surface area contributed by atoms with E-state index < -0.39 is 0 Å². The largest absolute Gasteiger partial charge is 0.468 e. The van der Waals surface area contributed by atoms with Gasteiger partial charge in [0.1, 0.15) is 17.4 Å². The molecule has 9 heteroatoms. The summed E-state index contributed by atoms with van der Waals surface area (Å²) < 4.78 is 19.5. The lowest BCUT2D eigenvalue weighted by atomic mass is 10.3. The summed E-state index contributed by atoms with van der Waals surface area (Å²) in [5.74, 6) is 1.31. The number of aryl methyl sites for hydroxylation is 2. The Bertz CT molecular complexity index is 1110. The van der Waals surface area contributed by atoms with Gasteiger partial charge in [0, 0.05) is 30.7 Å². The molecule has 1 aliphatic heterocycles. The highest BCUT2D eigenvalue weighted by atomic mass is 32.1. The lowest BCUT2D eigenvalue weighted by Gasteiger charge is -2.26. The Morgan fingerprint density at radius 3 is 2.89 bits per heavy atom. The number of nitrogens with zero attached hydrogens (tertiary/aromatic N) is 6. The van der Waals surface area contributed by atoms with E-state index in [2.05, 4.69) is 15.5 Å². The maximum Gasteiger partial charge on any atom is 0.242 e. The Kier molecular flexibility index (Phi) is 3.91. The van der Waals surface area contributed by atoms with Crippen LogP contribution in [0.2, 0.25) is 0 Å². The van der Waals surface area contributed by atoms with Crippen LogP contribution in [-0.2, 0) is 18.2 Å². The van der Waals surface area contributed by atoms with Gasteiger partial charge in [0.2, 0.25) is 5.88 Å². The van der Waals surface area contributed by atoms with Crippen molar-refractivity contribution in [2.24, 2.45) is 7.05 Å². The Morgan fingerprint density at radius 1 is 1.33 bits per heavy atom. The van der Waals surface area contributed by atoms with Gasteiger partial charge < -0.3 is 14.0 Å². The third-order valence-corrected chi connectivity index (χ3v) is 5.29. The number of hydrogen-bond donors (Lipinski definition) is 0. The average molecular weight is 382 g/mol. The van der Waals surface area contributed by atoms with Gasteiger partial charge in [-0.1, -0.05) is 0 Å². The maximum absolute atomic E-state index is 6.14. The van der Waals surface area contributed by atoms with E-state index in [1.165, 1.54) is 11.5 Å². The van der Waals surface area contributed by atoms with Crippen LogP contribution in [-0.4, -0.2) is 48.0 Å². The van der Waals surface area contributed by atoms with E-state index in [0.29, 0.717) is 25.5 Å². The highest BCUT2D eigenvalue weighted by Crippen LogP contribution is 2.29. The van der Waals surface area contributed by atoms with Crippen LogP contribution in [0.15, 0.2) is 30.7 Å². The average Bonchev–Trinajstić information content (AvgIpc) is 3.31. The van der Waals surface area contributed by atoms with E-state index in [1.54, 1.807) is 4.68 Å². The molecule has 5 rings (SSSR count). The van der Waals surface area contributed by atoms with Gasteiger partial charge in [-0.05, 0) is 30.6 Å². The Balaban J connectivity index is 1.60. The predicted octanol–water partition coefficient (Wildman–Crippen LogP) is 2.29. The van der Waals surface area contributed by atoms with Crippen molar-refractivity contribution in [1.29, 1.82) is 0 Å². The van der Waals surface area contributed by atoms with Crippen LogP contribution >= 0.6 is 11.5 Å². The minimum absolute atomic E-state index is 0.0267. The van der Waals surface area contributed by atoms with Crippen LogP contribution in [0.1, 0.15) is 16.4 Å². The van der Waals surface area contributed by atoms with Crippen molar-refractivity contribution in [3.05, 3.63) is 47.1 Å². The quantitative estimate of drug-likeness (QED) is 0.527. The number of ether oxygens (including phenoxy) is 2. The zero-order chi connectivity index (χ0) is 18.4. The van der Waals surface area contributed by atoms with Gasteiger partial charge >= 0.3 is 0 Å². The summed E-state index contributed by atoms with van der Waals surface area (Å²) in [6, 6.07) is 4.05. The van der Waals surface area contributed by atoms with Gasteiger partial charge in [-0.15, -0.1) is 0 Å². The van der Waals surface area contributed by atoms with Gasteiger partial charge in [-0.3, -0.25) is 4.68 Å². The molecule has 138 valence electrons. The van der Waals surface area contributed by atoms with Crippen LogP contribution in [0.4, 0.5) is 0 Å². The van der Waals surface area contributed by atoms with Gasteiger partial charge in [-0.25, -0.2) is 4.98 Å². The van der Waals surface area contributed by atoms with E-state index in [-0.39, 0.29) is 6.10 Å². The monoisotopic (exact) mass is 382 g/mol. The molecule has 0 radical (unpaired) electrons. The summed E-state index contributed by atoms with van der Waals surface area (Å²) >= 11 is 1.48. The first-order valence-corrected chi connectivity index (χ1v) is 9.46. The minimum Gasteiger partial charge on any atom is -0.468 e. The normalized spacial score (nSPS) is 14.6. The van der Waals surface area contributed by atoms with E-state index in [4.69, 9.17) is 19.4 Å². The molecule has 5 heterocycles. The molecule has 0 amide bonds. The molecule has 1 aliphatic rings. The minimum atomic E-state index is 0.0267. The first-order chi connectivity index (χ1) is 13.2. The Morgan fingerprint density at radius 2 is 2.22 bits per heavy atom. The second-order valence-corrected chi connectivity index (χ2v) is 7.52. The van der Waals surface area contributed by atoms with Crippen molar-refractivity contribution in [1.82, 2.24) is 28.7 Å². The van der Waals surface area contributed by atoms with Gasteiger partial charge in [0.05, 0.1) is 36.3 Å². The molecule has 1 fully saturated rings. The summed E-state index contributed by atoms with van der Waals surface area (Å²) in [5.41, 5.74) is 3.65. The van der Waals surface area contributed by atoms with Crippen LogP contribution < -0.4 is 4.74 Å². The van der Waals surface area contributed by atoms with E-state index >= 15 is 0 Å². The summed E-state index contributed by atoms with van der Waals surface area (Å²) in [5, 5.41) is 4.26. The van der Waals surface area contributed by atoms with E-state index in [9.17, 15) is 0 Å². The van der Waals surface area contributed by atoms with Crippen LogP contribution in [0.25, 0.3) is 16.7 Å². The molecule has 4 aromatic heterocycles. The molecule has 0 aliphatic carbocycles. The standard InChI is InChI=1S/C18H18N6O2S/c1-11-5-14(27-22-11)6-16-20-15-3-4-24(12-7-19-23(2)8-12)17(15)18(21-16)26-13-9-25-10-13/h3-5,7-8,13H,6,9-10H2,1-2H3. The summed E-state index contributed by atoms with van der Waals surface area (Å²) in [6.45, 7) is 3.16. The summed E-state index contributed by atoms with van der Waals surface area (Å²) in [4.78, 5) is 10.6. The van der Waals surface area contributed by atoms with Crippen LogP contribution in [0.5, 0.6) is 5.88 Å². The maximum atomic E-state index is 6.14. The van der Waals surface area contributed by atoms with E-state index in [0.717, 1.165) is 33.1 Å². The Hall–Kier alpha value is -2.78. The van der Waals surface area contributed by atoms with Gasteiger partial charge in [-0.2, -0.15) is 14.5 Å². The molecule has 27 heavy (non-hydrogen) atoms. The zero-order valence-corrected chi connectivity index (χ0v) is 15.8. The van der Waals surface area contributed by atoms with Crippen LogP contribution in [0, 0.1) is 6.92 Å². The highest BCUT2D eigenvalue weighted by molar-refractivity contribution is 7.05. The molecule has 1 saturated heterocycles. The van der Waals surface area contributed by atoms with Crippen molar-refractivity contribution in [2.75, 3.05) is 13.2 Å². The Labute approximate surface area is 159 Å². The number of rotatable bonds is 5. The fourth-order valence-corrected chi connectivity index (χ4v) is 3.79. The zero-order valence-electron chi connectivity index (χ0n) is 15.0. The van der Waals surface area contributed by atoms with Crippen molar-refractivity contribution in [2.45, 2.75) is 19.4 Å². The lowest BCUT2D eigenvalue weighted by Crippen LogP contribution is -2.39. The van der Waals surface area contributed by atoms with E-state index in [1.807, 2.05) is 43.2 Å². The number of hydrogen-bond acceptors (Lipinski definition) is 7. The molecule has 0 N–H and O–H groups in total. The molecule has 8 nitrogen and oxygen atoms in total. The first-order valence-electron chi connectivity index (χ1n) is 8.69.